The van der Waals surface area contributed by atoms with Crippen LogP contribution >= 0.6 is 0 Å². The quantitative estimate of drug-likeness (QED) is 0.533. The Labute approximate surface area is 187 Å². The highest BCUT2D eigenvalue weighted by atomic mass is 19.1. The minimum Gasteiger partial charge on any atom is -0.493 e. The number of halogens is 1. The zero-order valence-corrected chi connectivity index (χ0v) is 18.7. The molecular weight excluding hydrogens is 411 g/mol. The fourth-order valence-corrected chi connectivity index (χ4v) is 4.25. The van der Waals surface area contributed by atoms with Crippen LogP contribution in [-0.2, 0) is 6.54 Å². The van der Waals surface area contributed by atoms with Gasteiger partial charge in [0.15, 0.2) is 17.3 Å². The van der Waals surface area contributed by atoms with Crippen molar-refractivity contribution in [3.8, 4) is 11.5 Å². The van der Waals surface area contributed by atoms with Crippen molar-refractivity contribution in [3.05, 3.63) is 65.2 Å². The van der Waals surface area contributed by atoms with Gasteiger partial charge >= 0.3 is 0 Å². The van der Waals surface area contributed by atoms with Crippen LogP contribution < -0.4 is 9.47 Å². The van der Waals surface area contributed by atoms with E-state index in [1.165, 1.54) is 12.1 Å². The molecule has 1 fully saturated rings. The monoisotopic (exact) mass is 440 g/mol. The first-order valence-electron chi connectivity index (χ1n) is 10.8. The van der Waals surface area contributed by atoms with Gasteiger partial charge in [-0.2, -0.15) is 0 Å². The molecule has 3 aromatic rings. The minimum atomic E-state index is -0.265. The molecule has 2 aromatic carbocycles. The molecular formula is C23H29FN6O2. The van der Waals surface area contributed by atoms with Gasteiger partial charge in [0.2, 0.25) is 0 Å². The third-order valence-corrected chi connectivity index (χ3v) is 6.00. The summed E-state index contributed by atoms with van der Waals surface area (Å²) in [5.41, 5.74) is 1.87. The van der Waals surface area contributed by atoms with Crippen molar-refractivity contribution in [3.63, 3.8) is 0 Å². The lowest BCUT2D eigenvalue weighted by Gasteiger charge is -2.39. The summed E-state index contributed by atoms with van der Waals surface area (Å²) >= 11 is 0. The Morgan fingerprint density at radius 2 is 1.75 bits per heavy atom. The van der Waals surface area contributed by atoms with Crippen LogP contribution in [0, 0.1) is 5.82 Å². The number of hydrogen-bond acceptors (Lipinski definition) is 7. The summed E-state index contributed by atoms with van der Waals surface area (Å²) in [6.45, 7) is 7.35. The molecule has 0 amide bonds. The molecule has 0 aliphatic carbocycles. The zero-order chi connectivity index (χ0) is 22.5. The highest BCUT2D eigenvalue weighted by molar-refractivity contribution is 5.49. The standard InChI is InChI=1S/C23H29FN6O2/c1-4-28-12-14-29(15-13-28)21(19-6-5-7-20(31-2)22(19)32-3)23-25-26-27-30(23)16-17-8-10-18(24)11-9-17/h5-11,21H,4,12-16H2,1-3H3/t21-/m1/s1. The first-order chi connectivity index (χ1) is 15.6. The van der Waals surface area contributed by atoms with Crippen molar-refractivity contribution in [1.29, 1.82) is 0 Å². The molecule has 0 bridgehead atoms. The van der Waals surface area contributed by atoms with E-state index in [1.54, 1.807) is 31.0 Å². The number of para-hydroxylation sites is 1. The molecule has 0 unspecified atom stereocenters. The lowest BCUT2D eigenvalue weighted by molar-refractivity contribution is 0.107. The smallest absolute Gasteiger partial charge is 0.173 e. The summed E-state index contributed by atoms with van der Waals surface area (Å²) in [7, 11) is 3.28. The number of rotatable bonds is 8. The molecule has 1 aliphatic rings. The number of methoxy groups -OCH3 is 2. The molecule has 9 heteroatoms. The van der Waals surface area contributed by atoms with E-state index in [4.69, 9.17) is 9.47 Å². The molecule has 1 saturated heterocycles. The van der Waals surface area contributed by atoms with Gasteiger partial charge in [-0.3, -0.25) is 4.90 Å². The average Bonchev–Trinajstić information content (AvgIpc) is 3.28. The lowest BCUT2D eigenvalue weighted by atomic mass is 10.0. The molecule has 8 nitrogen and oxygen atoms in total. The van der Waals surface area contributed by atoms with Gasteiger partial charge in [0.1, 0.15) is 11.9 Å². The molecule has 0 spiro atoms. The maximum atomic E-state index is 13.4. The number of nitrogens with zero attached hydrogens (tertiary/aromatic N) is 6. The van der Waals surface area contributed by atoms with E-state index >= 15 is 0 Å². The van der Waals surface area contributed by atoms with Gasteiger partial charge in [0, 0.05) is 31.7 Å². The summed E-state index contributed by atoms with van der Waals surface area (Å²) in [5.74, 6) is 1.79. The molecule has 0 saturated carbocycles. The van der Waals surface area contributed by atoms with Crippen molar-refractivity contribution in [2.45, 2.75) is 19.5 Å². The summed E-state index contributed by atoms with van der Waals surface area (Å²) in [6, 6.07) is 12.1. The molecule has 1 aliphatic heterocycles. The van der Waals surface area contributed by atoms with E-state index in [9.17, 15) is 4.39 Å². The number of aromatic nitrogens is 4. The minimum absolute atomic E-state index is 0.213. The number of piperazine rings is 1. The second-order valence-electron chi connectivity index (χ2n) is 7.78. The summed E-state index contributed by atoms with van der Waals surface area (Å²) in [6.07, 6.45) is 0. The summed E-state index contributed by atoms with van der Waals surface area (Å²) < 4.78 is 26.5. The number of likely N-dealkylation sites (N-methyl/N-ethyl adjacent to an activating group) is 1. The van der Waals surface area contributed by atoms with Gasteiger partial charge in [-0.05, 0) is 40.7 Å². The van der Waals surface area contributed by atoms with Crippen molar-refractivity contribution in [2.24, 2.45) is 0 Å². The Morgan fingerprint density at radius 3 is 2.41 bits per heavy atom. The second kappa shape index (κ2) is 10.1. The van der Waals surface area contributed by atoms with Gasteiger partial charge in [-0.15, -0.1) is 5.10 Å². The van der Waals surface area contributed by atoms with E-state index < -0.39 is 0 Å². The van der Waals surface area contributed by atoms with Crippen molar-refractivity contribution >= 4 is 0 Å². The van der Waals surface area contributed by atoms with Gasteiger partial charge in [0.25, 0.3) is 0 Å². The predicted molar refractivity (Wildman–Crippen MR) is 118 cm³/mol. The molecule has 2 heterocycles. The first-order valence-corrected chi connectivity index (χ1v) is 10.8. The van der Waals surface area contributed by atoms with Gasteiger partial charge < -0.3 is 14.4 Å². The third kappa shape index (κ3) is 4.58. The Morgan fingerprint density at radius 1 is 1.00 bits per heavy atom. The molecule has 0 radical (unpaired) electrons. The highest BCUT2D eigenvalue weighted by Crippen LogP contribution is 2.39. The van der Waals surface area contributed by atoms with Gasteiger partial charge in [-0.25, -0.2) is 9.07 Å². The lowest BCUT2D eigenvalue weighted by Crippen LogP contribution is -2.48. The highest BCUT2D eigenvalue weighted by Gasteiger charge is 2.33. The van der Waals surface area contributed by atoms with E-state index in [2.05, 4.69) is 32.2 Å². The Kier molecular flexibility index (Phi) is 6.96. The van der Waals surface area contributed by atoms with Crippen LogP contribution in [0.3, 0.4) is 0 Å². The van der Waals surface area contributed by atoms with Crippen LogP contribution in [0.1, 0.15) is 29.9 Å². The van der Waals surface area contributed by atoms with Crippen LogP contribution in [-0.4, -0.2) is 77.0 Å². The molecule has 1 aromatic heterocycles. The third-order valence-electron chi connectivity index (χ3n) is 6.00. The van der Waals surface area contributed by atoms with Crippen LogP contribution in [0.15, 0.2) is 42.5 Å². The Hall–Kier alpha value is -3.04. The van der Waals surface area contributed by atoms with Crippen LogP contribution in [0.5, 0.6) is 11.5 Å². The molecule has 1 atom stereocenters. The average molecular weight is 441 g/mol. The van der Waals surface area contributed by atoms with E-state index in [0.29, 0.717) is 23.9 Å². The van der Waals surface area contributed by atoms with Crippen LogP contribution in [0.2, 0.25) is 0 Å². The topological polar surface area (TPSA) is 68.5 Å². The first kappa shape index (κ1) is 22.2. The largest absolute Gasteiger partial charge is 0.493 e. The molecule has 32 heavy (non-hydrogen) atoms. The molecule has 4 rings (SSSR count). The van der Waals surface area contributed by atoms with Gasteiger partial charge in [0.05, 0.1) is 20.8 Å². The molecule has 0 N–H and O–H groups in total. The van der Waals surface area contributed by atoms with E-state index in [1.807, 2.05) is 18.2 Å². The van der Waals surface area contributed by atoms with E-state index in [-0.39, 0.29) is 11.9 Å². The zero-order valence-electron chi connectivity index (χ0n) is 18.7. The summed E-state index contributed by atoms with van der Waals surface area (Å²) in [4.78, 5) is 4.81. The van der Waals surface area contributed by atoms with Gasteiger partial charge in [-0.1, -0.05) is 31.2 Å². The molecule has 170 valence electrons. The van der Waals surface area contributed by atoms with E-state index in [0.717, 1.165) is 43.9 Å². The maximum absolute atomic E-state index is 13.4. The number of benzene rings is 2. The number of ether oxygens (including phenoxy) is 2. The second-order valence-corrected chi connectivity index (χ2v) is 7.78. The maximum Gasteiger partial charge on any atom is 0.173 e. The van der Waals surface area contributed by atoms with Crippen molar-refractivity contribution in [1.82, 2.24) is 30.0 Å². The van der Waals surface area contributed by atoms with Crippen LogP contribution in [0.25, 0.3) is 0 Å². The Bertz CT molecular complexity index is 1020. The SMILES string of the molecule is CCN1CCN([C@H](c2cccc(OC)c2OC)c2nnnn2Cc2ccc(F)cc2)CC1. The number of hydrogen-bond donors (Lipinski definition) is 0. The van der Waals surface area contributed by atoms with Crippen molar-refractivity contribution in [2.75, 3.05) is 46.9 Å². The fourth-order valence-electron chi connectivity index (χ4n) is 4.25. The fraction of sp³-hybridized carbons (Fsp3) is 0.435. The number of tetrazole rings is 1. The van der Waals surface area contributed by atoms with Crippen LogP contribution in [0.4, 0.5) is 4.39 Å². The normalized spacial score (nSPS) is 16.1. The Balaban J connectivity index is 1.75. The summed E-state index contributed by atoms with van der Waals surface area (Å²) in [5, 5.41) is 12.7. The van der Waals surface area contributed by atoms with Crippen molar-refractivity contribution < 1.29 is 13.9 Å². The predicted octanol–water partition coefficient (Wildman–Crippen LogP) is 2.60.